The molecule has 3 fully saturated rings. The maximum absolute atomic E-state index is 12.2. The molecule has 0 N–H and O–H groups in total. The second-order valence-corrected chi connectivity index (χ2v) is 8.86. The number of nitrogens with zero attached hydrogens (tertiary/aromatic N) is 2. The molecule has 0 aromatic carbocycles. The molecule has 11 heteroatoms. The summed E-state index contributed by atoms with van der Waals surface area (Å²) in [6.07, 6.45) is 0.873. The fraction of sp³-hybridized carbons (Fsp3) is 0.800. The van der Waals surface area contributed by atoms with Gasteiger partial charge in [-0.3, -0.25) is 4.18 Å². The van der Waals surface area contributed by atoms with Crippen molar-refractivity contribution in [2.24, 2.45) is 0 Å². The van der Waals surface area contributed by atoms with Crippen molar-refractivity contribution in [2.75, 3.05) is 6.61 Å². The van der Waals surface area contributed by atoms with E-state index in [-0.39, 0.29) is 6.61 Å². The van der Waals surface area contributed by atoms with Crippen molar-refractivity contribution >= 4 is 10.3 Å². The summed E-state index contributed by atoms with van der Waals surface area (Å²) in [5.41, 5.74) is 0. The molecule has 0 unspecified atom stereocenters. The van der Waals surface area contributed by atoms with Gasteiger partial charge >= 0.3 is 10.3 Å². The lowest BCUT2D eigenvalue weighted by Crippen LogP contribution is -2.56. The molecule has 0 radical (unpaired) electrons. The summed E-state index contributed by atoms with van der Waals surface area (Å²) < 4.78 is 59.9. The van der Waals surface area contributed by atoms with Crippen LogP contribution < -0.4 is 0 Å². The van der Waals surface area contributed by atoms with Gasteiger partial charge in [0.05, 0.1) is 6.61 Å². The number of rotatable bonds is 4. The van der Waals surface area contributed by atoms with Crippen molar-refractivity contribution in [3.8, 4) is 0 Å². The summed E-state index contributed by atoms with van der Waals surface area (Å²) in [7, 11) is -4.01. The maximum atomic E-state index is 12.2. The quantitative estimate of drug-likeness (QED) is 0.721. The highest BCUT2D eigenvalue weighted by Gasteiger charge is 2.60. The fourth-order valence-electron chi connectivity index (χ4n) is 3.42. The molecule has 0 saturated carbocycles. The smallest absolute Gasteiger partial charge is 0.342 e. The molecule has 0 amide bonds. The zero-order valence-electron chi connectivity index (χ0n) is 14.9. The van der Waals surface area contributed by atoms with Crippen LogP contribution in [0.15, 0.2) is 18.7 Å². The Bertz CT molecular complexity index is 763. The van der Waals surface area contributed by atoms with Gasteiger partial charge in [-0.05, 0) is 27.7 Å². The highest BCUT2D eigenvalue weighted by Crippen LogP contribution is 2.44. The summed E-state index contributed by atoms with van der Waals surface area (Å²) in [5, 5.41) is 0. The van der Waals surface area contributed by atoms with Crippen molar-refractivity contribution in [3.05, 3.63) is 18.7 Å². The van der Waals surface area contributed by atoms with Crippen LogP contribution in [0.4, 0.5) is 0 Å². The topological polar surface area (TPSA) is 107 Å². The van der Waals surface area contributed by atoms with Crippen LogP contribution in [0.1, 0.15) is 27.7 Å². The maximum Gasteiger partial charge on any atom is 0.367 e. The number of aromatic nitrogens is 2. The Hall–Kier alpha value is -1.08. The Morgan fingerprint density at radius 3 is 2.38 bits per heavy atom. The van der Waals surface area contributed by atoms with Gasteiger partial charge in [0, 0.05) is 12.4 Å². The number of ether oxygens (including phenoxy) is 5. The average molecular weight is 390 g/mol. The summed E-state index contributed by atoms with van der Waals surface area (Å²) in [6.45, 7) is 6.86. The molecule has 5 atom stereocenters. The van der Waals surface area contributed by atoms with E-state index in [1.54, 1.807) is 27.7 Å². The van der Waals surface area contributed by atoms with Crippen molar-refractivity contribution in [2.45, 2.75) is 70.0 Å². The van der Waals surface area contributed by atoms with Gasteiger partial charge in [0.25, 0.3) is 0 Å². The van der Waals surface area contributed by atoms with Crippen LogP contribution >= 0.6 is 0 Å². The Kier molecular flexibility index (Phi) is 4.19. The zero-order chi connectivity index (χ0) is 18.7. The lowest BCUT2D eigenvalue weighted by Gasteiger charge is -2.36. The van der Waals surface area contributed by atoms with Crippen molar-refractivity contribution in [1.82, 2.24) is 8.96 Å². The second kappa shape index (κ2) is 5.96. The van der Waals surface area contributed by atoms with Gasteiger partial charge in [-0.15, -0.1) is 0 Å². The van der Waals surface area contributed by atoms with Gasteiger partial charge in [0.2, 0.25) is 0 Å². The van der Waals surface area contributed by atoms with E-state index in [0.29, 0.717) is 0 Å². The molecule has 0 bridgehead atoms. The molecular weight excluding hydrogens is 368 g/mol. The van der Waals surface area contributed by atoms with Crippen LogP contribution in [0, 0.1) is 0 Å². The summed E-state index contributed by atoms with van der Waals surface area (Å²) >= 11 is 0. The van der Waals surface area contributed by atoms with Gasteiger partial charge in [0.15, 0.2) is 17.9 Å². The van der Waals surface area contributed by atoms with Crippen LogP contribution in [0.2, 0.25) is 0 Å². The van der Waals surface area contributed by atoms with Crippen LogP contribution in [-0.2, 0) is 38.2 Å². The lowest BCUT2D eigenvalue weighted by atomic mass is 9.99. The first-order valence-corrected chi connectivity index (χ1v) is 9.67. The van der Waals surface area contributed by atoms with E-state index in [0.717, 1.165) is 10.3 Å². The van der Waals surface area contributed by atoms with Crippen molar-refractivity contribution in [3.63, 3.8) is 0 Å². The predicted molar refractivity (Wildman–Crippen MR) is 85.0 cm³/mol. The van der Waals surface area contributed by atoms with Gasteiger partial charge in [-0.2, -0.15) is 8.42 Å². The minimum atomic E-state index is -4.01. The summed E-state index contributed by atoms with van der Waals surface area (Å²) in [4.78, 5) is 3.71. The van der Waals surface area contributed by atoms with Crippen LogP contribution in [0.3, 0.4) is 0 Å². The molecule has 3 saturated heterocycles. The van der Waals surface area contributed by atoms with E-state index in [9.17, 15) is 8.42 Å². The zero-order valence-corrected chi connectivity index (χ0v) is 15.7. The van der Waals surface area contributed by atoms with E-state index < -0.39 is 52.6 Å². The molecule has 1 aromatic rings. The summed E-state index contributed by atoms with van der Waals surface area (Å²) in [6, 6.07) is 0. The largest absolute Gasteiger partial charge is 0.367 e. The summed E-state index contributed by atoms with van der Waals surface area (Å²) in [5.74, 6) is -1.69. The molecule has 1 aromatic heterocycles. The molecular formula is C15H22N2O8S. The fourth-order valence-corrected chi connectivity index (χ4v) is 4.22. The van der Waals surface area contributed by atoms with E-state index in [4.69, 9.17) is 27.9 Å². The molecule has 26 heavy (non-hydrogen) atoms. The number of imidazole rings is 1. The minimum Gasteiger partial charge on any atom is -0.342 e. The Balaban J connectivity index is 1.53. The molecule has 0 aliphatic carbocycles. The van der Waals surface area contributed by atoms with E-state index >= 15 is 0 Å². The number of hydrogen-bond acceptors (Lipinski definition) is 9. The number of hydrogen-bond donors (Lipinski definition) is 0. The van der Waals surface area contributed by atoms with Gasteiger partial charge in [0.1, 0.15) is 30.7 Å². The third kappa shape index (κ3) is 3.28. The standard InChI is InChI=1S/C15H22N2O8S/c1-14(2)22-10-9(7-20-26(18,19)17-6-5-16-8-17)21-13-12(11(10)23-14)24-15(3,4)25-13/h5-6,8-13H,7H2,1-4H3/t9-,10+,11+,12-,13-/m1/s1. The first kappa shape index (κ1) is 18.3. The molecule has 0 spiro atoms. The number of fused-ring (bicyclic) bond motifs is 3. The third-order valence-corrected chi connectivity index (χ3v) is 5.54. The van der Waals surface area contributed by atoms with Crippen molar-refractivity contribution < 1.29 is 36.3 Å². The Labute approximate surface area is 151 Å². The highest BCUT2D eigenvalue weighted by atomic mass is 32.2. The molecule has 4 heterocycles. The highest BCUT2D eigenvalue weighted by molar-refractivity contribution is 7.85. The molecule has 146 valence electrons. The van der Waals surface area contributed by atoms with E-state index in [2.05, 4.69) is 4.98 Å². The van der Waals surface area contributed by atoms with Gasteiger partial charge in [-0.25, -0.2) is 8.96 Å². The first-order valence-electron chi connectivity index (χ1n) is 8.31. The molecule has 4 rings (SSSR count). The monoisotopic (exact) mass is 390 g/mol. The predicted octanol–water partition coefficient (Wildman–Crippen LogP) is 0.389. The molecule has 3 aliphatic heterocycles. The lowest BCUT2D eigenvalue weighted by molar-refractivity contribution is -0.238. The second-order valence-electron chi connectivity index (χ2n) is 7.34. The van der Waals surface area contributed by atoms with Crippen LogP contribution in [0.25, 0.3) is 0 Å². The average Bonchev–Trinajstić information content (AvgIpc) is 3.20. The minimum absolute atomic E-state index is 0.256. The Morgan fingerprint density at radius 1 is 1.04 bits per heavy atom. The van der Waals surface area contributed by atoms with E-state index in [1.165, 1.54) is 12.4 Å². The van der Waals surface area contributed by atoms with Gasteiger partial charge < -0.3 is 23.7 Å². The van der Waals surface area contributed by atoms with Crippen LogP contribution in [-0.4, -0.2) is 66.3 Å². The first-order chi connectivity index (χ1) is 12.1. The Morgan fingerprint density at radius 2 is 1.69 bits per heavy atom. The van der Waals surface area contributed by atoms with Crippen molar-refractivity contribution in [1.29, 1.82) is 0 Å². The van der Waals surface area contributed by atoms with Gasteiger partial charge in [-0.1, -0.05) is 0 Å². The van der Waals surface area contributed by atoms with Crippen LogP contribution in [0.5, 0.6) is 0 Å². The molecule has 10 nitrogen and oxygen atoms in total. The van der Waals surface area contributed by atoms with E-state index in [1.807, 2.05) is 0 Å². The SMILES string of the molecule is CC1(C)O[C@H]2[C@@H](O1)[C@@H](COS(=O)(=O)n1ccnc1)O[C@@H]1OC(C)(C)O[C@@H]12. The third-order valence-electron chi connectivity index (χ3n) is 4.37. The molecule has 3 aliphatic rings. The normalized spacial score (nSPS) is 38.1.